The third kappa shape index (κ3) is 5.47. The minimum Gasteiger partial charge on any atom is -0.493 e. The summed E-state index contributed by atoms with van der Waals surface area (Å²) in [7, 11) is 1.66. The van der Waals surface area contributed by atoms with Crippen LogP contribution in [0.25, 0.3) is 0 Å². The standard InChI is InChI=1S/C21H28N2O3S/c1-3-26-19-12-16(8-9-18(19)25-2)14-23-10-4-6-17(15-23)13-22-21(24)20-7-5-11-27-20/h5,7-9,11-12,17H,3-4,6,10,13-15H2,1-2H3,(H,22,24)/t17-/m1/s1. The molecular weight excluding hydrogens is 360 g/mol. The van der Waals surface area contributed by atoms with E-state index in [4.69, 9.17) is 9.47 Å². The van der Waals surface area contributed by atoms with E-state index < -0.39 is 0 Å². The predicted octanol–water partition coefficient (Wildman–Crippen LogP) is 3.80. The highest BCUT2D eigenvalue weighted by Crippen LogP contribution is 2.29. The molecule has 0 spiro atoms. The number of hydrogen-bond acceptors (Lipinski definition) is 5. The van der Waals surface area contributed by atoms with Gasteiger partial charge in [-0.15, -0.1) is 11.3 Å². The average Bonchev–Trinajstić information content (AvgIpc) is 3.22. The van der Waals surface area contributed by atoms with E-state index in [2.05, 4.69) is 22.3 Å². The van der Waals surface area contributed by atoms with Crippen molar-refractivity contribution in [3.63, 3.8) is 0 Å². The second-order valence-corrected chi connectivity index (χ2v) is 7.80. The van der Waals surface area contributed by atoms with Crippen LogP contribution in [-0.2, 0) is 6.54 Å². The number of ether oxygens (including phenoxy) is 2. The highest BCUT2D eigenvalue weighted by Gasteiger charge is 2.21. The molecule has 0 aliphatic carbocycles. The van der Waals surface area contributed by atoms with Gasteiger partial charge in [0.2, 0.25) is 0 Å². The zero-order chi connectivity index (χ0) is 19.1. The molecule has 5 nitrogen and oxygen atoms in total. The molecule has 1 amide bonds. The Balaban J connectivity index is 1.53. The number of rotatable bonds is 8. The second kappa shape index (κ2) is 9.76. The molecule has 1 saturated heterocycles. The zero-order valence-corrected chi connectivity index (χ0v) is 16.9. The maximum Gasteiger partial charge on any atom is 0.261 e. The summed E-state index contributed by atoms with van der Waals surface area (Å²) in [4.78, 5) is 15.4. The van der Waals surface area contributed by atoms with Gasteiger partial charge in [-0.25, -0.2) is 0 Å². The van der Waals surface area contributed by atoms with Crippen molar-refractivity contribution in [3.8, 4) is 11.5 Å². The van der Waals surface area contributed by atoms with E-state index >= 15 is 0 Å². The molecule has 1 N–H and O–H groups in total. The summed E-state index contributed by atoms with van der Waals surface area (Å²) in [5, 5.41) is 5.02. The van der Waals surface area contributed by atoms with Gasteiger partial charge < -0.3 is 14.8 Å². The first-order valence-electron chi connectivity index (χ1n) is 9.53. The lowest BCUT2D eigenvalue weighted by Gasteiger charge is -2.33. The first kappa shape index (κ1) is 19.7. The van der Waals surface area contributed by atoms with Crippen LogP contribution in [0.3, 0.4) is 0 Å². The number of methoxy groups -OCH3 is 1. The maximum atomic E-state index is 12.1. The number of benzene rings is 1. The van der Waals surface area contributed by atoms with Gasteiger partial charge in [0.15, 0.2) is 11.5 Å². The number of likely N-dealkylation sites (tertiary alicyclic amines) is 1. The molecule has 2 aromatic rings. The van der Waals surface area contributed by atoms with Crippen molar-refractivity contribution in [1.29, 1.82) is 0 Å². The van der Waals surface area contributed by atoms with Crippen LogP contribution in [0.1, 0.15) is 35.0 Å². The highest BCUT2D eigenvalue weighted by molar-refractivity contribution is 7.12. The lowest BCUT2D eigenvalue weighted by Crippen LogP contribution is -2.40. The Morgan fingerprint density at radius 3 is 2.96 bits per heavy atom. The molecule has 2 heterocycles. The number of amides is 1. The van der Waals surface area contributed by atoms with Gasteiger partial charge in [-0.2, -0.15) is 0 Å². The number of piperidine rings is 1. The van der Waals surface area contributed by atoms with Crippen LogP contribution in [0.2, 0.25) is 0 Å². The van der Waals surface area contributed by atoms with E-state index in [9.17, 15) is 4.79 Å². The van der Waals surface area contributed by atoms with Crippen LogP contribution in [-0.4, -0.2) is 44.2 Å². The lowest BCUT2D eigenvalue weighted by molar-refractivity contribution is 0.0934. The van der Waals surface area contributed by atoms with E-state index in [0.717, 1.165) is 55.4 Å². The fraction of sp³-hybridized carbons (Fsp3) is 0.476. The first-order valence-corrected chi connectivity index (χ1v) is 10.4. The van der Waals surface area contributed by atoms with Gasteiger partial charge in [0.25, 0.3) is 5.91 Å². The molecule has 1 fully saturated rings. The quantitative estimate of drug-likeness (QED) is 0.747. The number of thiophene rings is 1. The van der Waals surface area contributed by atoms with Gasteiger partial charge in [-0.05, 0) is 61.4 Å². The van der Waals surface area contributed by atoms with Crippen molar-refractivity contribution in [3.05, 3.63) is 46.2 Å². The number of hydrogen-bond donors (Lipinski definition) is 1. The molecule has 0 unspecified atom stereocenters. The van der Waals surface area contributed by atoms with Crippen molar-refractivity contribution in [2.45, 2.75) is 26.3 Å². The minimum absolute atomic E-state index is 0.0404. The summed E-state index contributed by atoms with van der Waals surface area (Å²) in [6.07, 6.45) is 2.32. The fourth-order valence-electron chi connectivity index (χ4n) is 3.54. The SMILES string of the molecule is CCOc1cc(CN2CCC[C@H](CNC(=O)c3cccs3)C2)ccc1OC. The highest BCUT2D eigenvalue weighted by atomic mass is 32.1. The summed E-state index contributed by atoms with van der Waals surface area (Å²) in [5.74, 6) is 2.11. The van der Waals surface area contributed by atoms with E-state index in [1.54, 1.807) is 7.11 Å². The minimum atomic E-state index is 0.0404. The average molecular weight is 389 g/mol. The van der Waals surface area contributed by atoms with Crippen LogP contribution < -0.4 is 14.8 Å². The molecule has 3 rings (SSSR count). The summed E-state index contributed by atoms with van der Waals surface area (Å²) in [5.41, 5.74) is 1.22. The van der Waals surface area contributed by atoms with Crippen molar-refractivity contribution in [2.75, 3.05) is 33.4 Å². The van der Waals surface area contributed by atoms with Crippen LogP contribution >= 0.6 is 11.3 Å². The van der Waals surface area contributed by atoms with E-state index in [1.165, 1.54) is 16.9 Å². The lowest BCUT2D eigenvalue weighted by atomic mass is 9.97. The molecule has 1 aromatic heterocycles. The molecule has 6 heteroatoms. The number of nitrogens with zero attached hydrogens (tertiary/aromatic N) is 1. The van der Waals surface area contributed by atoms with Gasteiger partial charge in [0.1, 0.15) is 0 Å². The van der Waals surface area contributed by atoms with E-state index in [1.807, 2.05) is 30.5 Å². The summed E-state index contributed by atoms with van der Waals surface area (Å²) in [6.45, 7) is 6.31. The first-order chi connectivity index (χ1) is 13.2. The molecule has 0 radical (unpaired) electrons. The largest absolute Gasteiger partial charge is 0.493 e. The number of carbonyl (C=O) groups is 1. The molecule has 1 aliphatic heterocycles. The molecule has 0 saturated carbocycles. The Morgan fingerprint density at radius 1 is 1.33 bits per heavy atom. The zero-order valence-electron chi connectivity index (χ0n) is 16.1. The van der Waals surface area contributed by atoms with Gasteiger partial charge >= 0.3 is 0 Å². The van der Waals surface area contributed by atoms with Crippen LogP contribution in [0.15, 0.2) is 35.7 Å². The van der Waals surface area contributed by atoms with Crippen molar-refractivity contribution in [1.82, 2.24) is 10.2 Å². The molecule has 1 aliphatic rings. The third-order valence-electron chi connectivity index (χ3n) is 4.83. The van der Waals surface area contributed by atoms with Crippen LogP contribution in [0, 0.1) is 5.92 Å². The summed E-state index contributed by atoms with van der Waals surface area (Å²) >= 11 is 1.48. The normalized spacial score (nSPS) is 17.5. The number of nitrogens with one attached hydrogen (secondary N) is 1. The van der Waals surface area contributed by atoms with Gasteiger partial charge in [0.05, 0.1) is 18.6 Å². The fourth-order valence-corrected chi connectivity index (χ4v) is 4.18. The molecule has 146 valence electrons. The van der Waals surface area contributed by atoms with Crippen molar-refractivity contribution >= 4 is 17.2 Å². The summed E-state index contributed by atoms with van der Waals surface area (Å²) < 4.78 is 11.1. The topological polar surface area (TPSA) is 50.8 Å². The molecule has 27 heavy (non-hydrogen) atoms. The molecule has 1 atom stereocenters. The van der Waals surface area contributed by atoms with Crippen molar-refractivity contribution < 1.29 is 14.3 Å². The Hall–Kier alpha value is -2.05. The Labute approximate surface area is 165 Å². The Morgan fingerprint density at radius 2 is 2.22 bits per heavy atom. The van der Waals surface area contributed by atoms with Crippen molar-refractivity contribution in [2.24, 2.45) is 5.92 Å². The van der Waals surface area contributed by atoms with Gasteiger partial charge in [-0.3, -0.25) is 9.69 Å². The molecule has 1 aromatic carbocycles. The van der Waals surface area contributed by atoms with Crippen LogP contribution in [0.5, 0.6) is 11.5 Å². The van der Waals surface area contributed by atoms with Gasteiger partial charge in [0, 0.05) is 19.6 Å². The third-order valence-corrected chi connectivity index (χ3v) is 5.70. The Kier molecular flexibility index (Phi) is 7.12. The van der Waals surface area contributed by atoms with E-state index in [-0.39, 0.29) is 5.91 Å². The van der Waals surface area contributed by atoms with Gasteiger partial charge in [-0.1, -0.05) is 12.1 Å². The predicted molar refractivity (Wildman–Crippen MR) is 109 cm³/mol. The second-order valence-electron chi connectivity index (χ2n) is 6.85. The molecular formula is C21H28N2O3S. The number of carbonyl (C=O) groups excluding carboxylic acids is 1. The smallest absolute Gasteiger partial charge is 0.261 e. The maximum absolute atomic E-state index is 12.1. The Bertz CT molecular complexity index is 733. The monoisotopic (exact) mass is 388 g/mol. The van der Waals surface area contributed by atoms with Crippen LogP contribution in [0.4, 0.5) is 0 Å². The molecule has 0 bridgehead atoms. The summed E-state index contributed by atoms with van der Waals surface area (Å²) in [6, 6.07) is 9.93. The van der Waals surface area contributed by atoms with E-state index in [0.29, 0.717) is 12.5 Å².